The third kappa shape index (κ3) is 11.2. The second-order valence-corrected chi connectivity index (χ2v) is 3.16. The van der Waals surface area contributed by atoms with Gasteiger partial charge in [-0.05, 0) is 20.4 Å². The molecule has 0 rings (SSSR count). The third-order valence-electron chi connectivity index (χ3n) is 2.05. The number of aliphatic carboxylic acids is 1. The van der Waals surface area contributed by atoms with E-state index in [0.29, 0.717) is 18.7 Å². The van der Waals surface area contributed by atoms with E-state index < -0.39 is 5.97 Å². The molecule has 0 atom stereocenters. The van der Waals surface area contributed by atoms with Crippen molar-refractivity contribution in [2.75, 3.05) is 32.8 Å². The molecule has 0 heterocycles. The summed E-state index contributed by atoms with van der Waals surface area (Å²) in [6.45, 7) is 7.83. The minimum atomic E-state index is -0.845. The molecule has 0 saturated heterocycles. The topological polar surface area (TPSA) is 81.0 Å². The van der Waals surface area contributed by atoms with Crippen molar-refractivity contribution >= 4 is 5.97 Å². The molecule has 5 nitrogen and oxygen atoms in total. The molecule has 0 spiro atoms. The Morgan fingerprint density at radius 2 is 1.69 bits per heavy atom. The van der Waals surface area contributed by atoms with Crippen LogP contribution in [0.25, 0.3) is 0 Å². The number of carboxylic acids is 1. The Hall–Kier alpha value is -0.910. The van der Waals surface area contributed by atoms with E-state index in [2.05, 4.69) is 0 Å². The minimum Gasteiger partial charge on any atom is -0.478 e. The number of carboxylic acid groups (broad SMARTS) is 1. The summed E-state index contributed by atoms with van der Waals surface area (Å²) in [4.78, 5) is 11.8. The second kappa shape index (κ2) is 12.2. The summed E-state index contributed by atoms with van der Waals surface area (Å²) in [5.74, 6) is -0.845. The monoisotopic (exact) mass is 233 g/mol. The molecule has 3 N–H and O–H groups in total. The molecule has 0 aliphatic rings. The fourth-order valence-electron chi connectivity index (χ4n) is 0.834. The number of hydrogen-bond acceptors (Lipinski definition) is 4. The maximum atomic E-state index is 9.86. The lowest BCUT2D eigenvalue weighted by molar-refractivity contribution is -0.132. The fourth-order valence-corrected chi connectivity index (χ4v) is 0.834. The number of allylic oxidation sites excluding steroid dienone is 1. The highest BCUT2D eigenvalue weighted by Gasteiger charge is 1.97. The Morgan fingerprint density at radius 1 is 1.25 bits per heavy atom. The maximum Gasteiger partial charge on any atom is 0.330 e. The first kappa shape index (κ1) is 17.5. The molecule has 0 bridgehead atoms. The van der Waals surface area contributed by atoms with Crippen LogP contribution < -0.4 is 0 Å². The molecule has 0 saturated carbocycles. The molecule has 0 aromatic rings. The Kier molecular flexibility index (Phi) is 13.3. The first-order valence-corrected chi connectivity index (χ1v) is 5.33. The van der Waals surface area contributed by atoms with Crippen LogP contribution >= 0.6 is 0 Å². The molecule has 0 amide bonds. The van der Waals surface area contributed by atoms with E-state index in [-0.39, 0.29) is 13.2 Å². The van der Waals surface area contributed by atoms with Crippen molar-refractivity contribution in [1.82, 2.24) is 4.90 Å². The molecular formula is C11H23NO4. The van der Waals surface area contributed by atoms with Gasteiger partial charge in [0.05, 0.1) is 13.2 Å². The highest BCUT2D eigenvalue weighted by atomic mass is 16.4. The van der Waals surface area contributed by atoms with Gasteiger partial charge in [0.25, 0.3) is 0 Å². The van der Waals surface area contributed by atoms with Gasteiger partial charge in [0.1, 0.15) is 0 Å². The van der Waals surface area contributed by atoms with Gasteiger partial charge in [0, 0.05) is 18.7 Å². The summed E-state index contributed by atoms with van der Waals surface area (Å²) < 4.78 is 0. The largest absolute Gasteiger partial charge is 0.478 e. The summed E-state index contributed by atoms with van der Waals surface area (Å²) >= 11 is 0. The van der Waals surface area contributed by atoms with Gasteiger partial charge >= 0.3 is 5.97 Å². The van der Waals surface area contributed by atoms with Crippen molar-refractivity contribution in [3.63, 3.8) is 0 Å². The van der Waals surface area contributed by atoms with Crippen LogP contribution in [0.2, 0.25) is 0 Å². The molecule has 0 radical (unpaired) electrons. The Labute approximate surface area is 97.0 Å². The highest BCUT2D eigenvalue weighted by molar-refractivity contribution is 5.85. The predicted molar refractivity (Wildman–Crippen MR) is 63.4 cm³/mol. The van der Waals surface area contributed by atoms with Crippen LogP contribution in [-0.4, -0.2) is 59.0 Å². The average molecular weight is 233 g/mol. The van der Waals surface area contributed by atoms with E-state index in [9.17, 15) is 4.79 Å². The zero-order chi connectivity index (χ0) is 13.0. The zero-order valence-electron chi connectivity index (χ0n) is 10.3. The number of carbonyl (C=O) groups is 1. The number of nitrogens with zero attached hydrogens (tertiary/aromatic N) is 1. The Morgan fingerprint density at radius 3 is 1.81 bits per heavy atom. The van der Waals surface area contributed by atoms with Gasteiger partial charge in [0.15, 0.2) is 0 Å². The van der Waals surface area contributed by atoms with Gasteiger partial charge in [-0.3, -0.25) is 4.90 Å². The molecule has 0 aliphatic heterocycles. The lowest BCUT2D eigenvalue weighted by atomic mass is 10.3. The van der Waals surface area contributed by atoms with Crippen molar-refractivity contribution in [2.45, 2.75) is 20.8 Å². The van der Waals surface area contributed by atoms with Gasteiger partial charge in [-0.25, -0.2) is 4.79 Å². The van der Waals surface area contributed by atoms with Gasteiger partial charge in [-0.15, -0.1) is 0 Å². The number of hydrogen-bond donors (Lipinski definition) is 3. The first-order chi connectivity index (χ1) is 7.53. The molecule has 0 aliphatic carbocycles. The summed E-state index contributed by atoms with van der Waals surface area (Å²) in [7, 11) is 0. The van der Waals surface area contributed by atoms with Crippen LogP contribution in [0.15, 0.2) is 11.6 Å². The van der Waals surface area contributed by atoms with Crippen LogP contribution in [0.5, 0.6) is 0 Å². The van der Waals surface area contributed by atoms with Crippen molar-refractivity contribution in [3.8, 4) is 0 Å². The van der Waals surface area contributed by atoms with Crippen molar-refractivity contribution in [1.29, 1.82) is 0 Å². The summed E-state index contributed by atoms with van der Waals surface area (Å²) in [6, 6.07) is 0. The van der Waals surface area contributed by atoms with Crippen molar-refractivity contribution < 1.29 is 20.1 Å². The van der Waals surface area contributed by atoms with E-state index in [1.165, 1.54) is 0 Å². The molecule has 96 valence electrons. The summed E-state index contributed by atoms with van der Waals surface area (Å²) in [5, 5.41) is 25.1. The molecule has 5 heteroatoms. The number of likely N-dealkylation sites (N-methyl/N-ethyl adjacent to an activating group) is 1. The van der Waals surface area contributed by atoms with Gasteiger partial charge in [0.2, 0.25) is 0 Å². The van der Waals surface area contributed by atoms with Crippen LogP contribution in [-0.2, 0) is 4.79 Å². The van der Waals surface area contributed by atoms with Gasteiger partial charge in [-0.1, -0.05) is 13.0 Å². The lowest BCUT2D eigenvalue weighted by Gasteiger charge is -2.16. The lowest BCUT2D eigenvalue weighted by Crippen LogP contribution is -2.29. The fraction of sp³-hybridized carbons (Fsp3) is 0.727. The normalized spacial score (nSPS) is 11.0. The molecule has 0 aromatic heterocycles. The van der Waals surface area contributed by atoms with Gasteiger partial charge in [-0.2, -0.15) is 0 Å². The molecular weight excluding hydrogens is 210 g/mol. The van der Waals surface area contributed by atoms with Crippen LogP contribution in [0.1, 0.15) is 20.8 Å². The number of rotatable bonds is 6. The predicted octanol–water partition coefficient (Wildman–Crippen LogP) is 0.330. The SMILES string of the molecule is CC=C(C)C(=O)O.CCN(CCO)CCO. The standard InChI is InChI=1S/C6H15NO2.C5H8O2/c1-2-7(3-5-8)4-6-9;1-3-4(2)5(6)7/h8-9H,2-6H2,1H3;3H,1-2H3,(H,6,7). The minimum absolute atomic E-state index is 0.174. The number of aliphatic hydroxyl groups excluding tert-OH is 2. The molecule has 0 aromatic carbocycles. The smallest absolute Gasteiger partial charge is 0.330 e. The first-order valence-electron chi connectivity index (χ1n) is 5.33. The highest BCUT2D eigenvalue weighted by Crippen LogP contribution is 1.87. The Bertz CT molecular complexity index is 198. The summed E-state index contributed by atoms with van der Waals surface area (Å²) in [6.07, 6.45) is 1.56. The van der Waals surface area contributed by atoms with Crippen molar-refractivity contribution in [2.24, 2.45) is 0 Å². The van der Waals surface area contributed by atoms with Crippen molar-refractivity contribution in [3.05, 3.63) is 11.6 Å². The quantitative estimate of drug-likeness (QED) is 0.576. The Balaban J connectivity index is 0. The second-order valence-electron chi connectivity index (χ2n) is 3.16. The zero-order valence-corrected chi connectivity index (χ0v) is 10.3. The molecule has 0 unspecified atom stereocenters. The van der Waals surface area contributed by atoms with E-state index in [0.717, 1.165) is 6.54 Å². The van der Waals surface area contributed by atoms with Crippen LogP contribution in [0.3, 0.4) is 0 Å². The van der Waals surface area contributed by atoms with Crippen LogP contribution in [0.4, 0.5) is 0 Å². The average Bonchev–Trinajstić information content (AvgIpc) is 2.28. The van der Waals surface area contributed by atoms with Gasteiger partial charge < -0.3 is 15.3 Å². The van der Waals surface area contributed by atoms with Crippen LogP contribution in [0, 0.1) is 0 Å². The molecule has 16 heavy (non-hydrogen) atoms. The maximum absolute atomic E-state index is 9.86. The summed E-state index contributed by atoms with van der Waals surface area (Å²) in [5.41, 5.74) is 0.389. The van der Waals surface area contributed by atoms with E-state index in [4.69, 9.17) is 15.3 Å². The number of aliphatic hydroxyl groups is 2. The van der Waals surface area contributed by atoms with E-state index in [1.54, 1.807) is 19.9 Å². The van der Waals surface area contributed by atoms with E-state index in [1.807, 2.05) is 11.8 Å². The third-order valence-corrected chi connectivity index (χ3v) is 2.05. The van der Waals surface area contributed by atoms with E-state index >= 15 is 0 Å². The molecule has 0 fully saturated rings.